The molecular weight excluding hydrogens is 530 g/mol. The Morgan fingerprint density at radius 2 is 1.51 bits per heavy atom. The first-order valence-electron chi connectivity index (χ1n) is 14.9. The van der Waals surface area contributed by atoms with Gasteiger partial charge in [-0.05, 0) is 70.8 Å². The Hall–Kier alpha value is -2.03. The summed E-state index contributed by atoms with van der Waals surface area (Å²) < 4.78 is 25.7. The fourth-order valence-electron chi connectivity index (χ4n) is 5.06. The molecule has 228 valence electrons. The lowest BCUT2D eigenvalue weighted by Crippen LogP contribution is -2.52. The van der Waals surface area contributed by atoms with E-state index in [2.05, 4.69) is 94.2 Å². The molecule has 1 fully saturated rings. The molecule has 6 nitrogen and oxygen atoms in total. The van der Waals surface area contributed by atoms with Gasteiger partial charge < -0.3 is 18.6 Å². The van der Waals surface area contributed by atoms with Gasteiger partial charge in [-0.15, -0.1) is 0 Å². The van der Waals surface area contributed by atoms with Crippen molar-refractivity contribution in [3.63, 3.8) is 0 Å². The first-order valence-corrected chi connectivity index (χ1v) is 17.9. The minimum atomic E-state index is -2.05. The summed E-state index contributed by atoms with van der Waals surface area (Å²) >= 11 is 0. The Morgan fingerprint density at radius 1 is 0.951 bits per heavy atom. The molecule has 7 heteroatoms. The van der Waals surface area contributed by atoms with E-state index in [-0.39, 0.29) is 35.6 Å². The summed E-state index contributed by atoms with van der Waals surface area (Å²) in [6.07, 6.45) is -0.577. The summed E-state index contributed by atoms with van der Waals surface area (Å²) in [5.41, 5.74) is 1.75. The van der Waals surface area contributed by atoms with Gasteiger partial charge in [0.15, 0.2) is 14.1 Å². The molecule has 1 heterocycles. The van der Waals surface area contributed by atoms with Crippen molar-refractivity contribution < 1.29 is 23.4 Å². The quantitative estimate of drug-likeness (QED) is 0.198. The zero-order valence-corrected chi connectivity index (χ0v) is 28.2. The molecular formula is C34H53NO5Si. The summed E-state index contributed by atoms with van der Waals surface area (Å²) in [7, 11) is -2.05. The average molecular weight is 584 g/mol. The van der Waals surface area contributed by atoms with E-state index in [9.17, 15) is 4.79 Å². The van der Waals surface area contributed by atoms with Crippen LogP contribution in [0.1, 0.15) is 85.9 Å². The monoisotopic (exact) mass is 583 g/mol. The van der Waals surface area contributed by atoms with Crippen LogP contribution in [-0.4, -0.2) is 55.4 Å². The van der Waals surface area contributed by atoms with E-state index in [4.69, 9.17) is 18.6 Å². The number of carbonyl (C=O) groups excluding carboxylic acids is 1. The highest BCUT2D eigenvalue weighted by atomic mass is 28.4. The molecule has 1 aliphatic rings. The Kier molecular flexibility index (Phi) is 10.7. The lowest BCUT2D eigenvalue weighted by atomic mass is 9.95. The number of carbonyl (C=O) groups is 1. The van der Waals surface area contributed by atoms with Crippen molar-refractivity contribution in [1.29, 1.82) is 0 Å². The Bertz CT molecular complexity index is 1110. The zero-order valence-electron chi connectivity index (χ0n) is 27.2. The minimum Gasteiger partial charge on any atom is -0.460 e. The second-order valence-corrected chi connectivity index (χ2v) is 19.1. The maximum Gasteiger partial charge on any atom is 0.308 e. The van der Waals surface area contributed by atoms with Gasteiger partial charge in [-0.3, -0.25) is 9.69 Å². The smallest absolute Gasteiger partial charge is 0.308 e. The van der Waals surface area contributed by atoms with Gasteiger partial charge in [-0.25, -0.2) is 0 Å². The fraction of sp³-hybridized carbons (Fsp3) is 0.618. The highest BCUT2D eigenvalue weighted by Crippen LogP contribution is 2.40. The van der Waals surface area contributed by atoms with Crippen LogP contribution in [-0.2, 0) is 30.0 Å². The van der Waals surface area contributed by atoms with E-state index in [0.717, 1.165) is 5.56 Å². The molecule has 1 saturated heterocycles. The zero-order chi connectivity index (χ0) is 30.6. The molecule has 41 heavy (non-hydrogen) atoms. The number of rotatable bonds is 11. The van der Waals surface area contributed by atoms with E-state index in [1.807, 2.05) is 46.8 Å². The van der Waals surface area contributed by atoms with Crippen LogP contribution in [0.2, 0.25) is 18.1 Å². The van der Waals surface area contributed by atoms with Crippen molar-refractivity contribution >= 4 is 14.3 Å². The fourth-order valence-corrected chi connectivity index (χ4v) is 6.07. The first kappa shape index (κ1) is 33.5. The molecule has 3 rings (SSSR count). The standard InChI is InChI=1S/C34H53NO5Si/c1-25(27-20-16-13-17-21-27)35(23-26-18-14-12-15-19-26)28(22-30(36)39-32(2,3)4)31-29(38-34(8,9)40-31)24-37-41(10,11)33(5,6)7/h12-21,25,28-29,31H,22-24H2,1-11H3/t25-,28+,29-,31+/m0/s1. The number of hydrogen-bond donors (Lipinski definition) is 0. The van der Waals surface area contributed by atoms with Crippen LogP contribution in [0, 0.1) is 0 Å². The van der Waals surface area contributed by atoms with Crippen LogP contribution in [0.15, 0.2) is 60.7 Å². The van der Waals surface area contributed by atoms with Crippen LogP contribution in [0.3, 0.4) is 0 Å². The number of ether oxygens (including phenoxy) is 3. The van der Waals surface area contributed by atoms with Crippen molar-refractivity contribution in [2.75, 3.05) is 6.61 Å². The lowest BCUT2D eigenvalue weighted by molar-refractivity contribution is -0.165. The highest BCUT2D eigenvalue weighted by Gasteiger charge is 2.49. The van der Waals surface area contributed by atoms with Crippen molar-refractivity contribution in [3.8, 4) is 0 Å². The van der Waals surface area contributed by atoms with Gasteiger partial charge in [0.1, 0.15) is 17.8 Å². The molecule has 4 atom stereocenters. The largest absolute Gasteiger partial charge is 0.460 e. The summed E-state index contributed by atoms with van der Waals surface area (Å²) in [5, 5.41) is 0.0640. The number of esters is 1. The topological polar surface area (TPSA) is 57.2 Å². The second-order valence-electron chi connectivity index (χ2n) is 14.3. The van der Waals surface area contributed by atoms with Crippen molar-refractivity contribution in [2.24, 2.45) is 0 Å². The Balaban J connectivity index is 2.05. The molecule has 0 unspecified atom stereocenters. The van der Waals surface area contributed by atoms with Crippen molar-refractivity contribution in [1.82, 2.24) is 4.90 Å². The third-order valence-corrected chi connectivity index (χ3v) is 12.7. The van der Waals surface area contributed by atoms with Gasteiger partial charge in [0.2, 0.25) is 0 Å². The predicted octanol–water partition coefficient (Wildman–Crippen LogP) is 7.89. The maximum absolute atomic E-state index is 13.5. The Morgan fingerprint density at radius 3 is 2.05 bits per heavy atom. The third-order valence-electron chi connectivity index (χ3n) is 8.22. The molecule has 1 aliphatic heterocycles. The van der Waals surface area contributed by atoms with E-state index >= 15 is 0 Å². The summed E-state index contributed by atoms with van der Waals surface area (Å²) in [6.45, 7) is 24.1. The van der Waals surface area contributed by atoms with Gasteiger partial charge in [-0.1, -0.05) is 81.4 Å². The summed E-state index contributed by atoms with van der Waals surface area (Å²) in [5.74, 6) is -1.06. The van der Waals surface area contributed by atoms with Crippen LogP contribution in [0.25, 0.3) is 0 Å². The van der Waals surface area contributed by atoms with Gasteiger partial charge >= 0.3 is 5.97 Å². The highest BCUT2D eigenvalue weighted by molar-refractivity contribution is 6.74. The SMILES string of the molecule is C[C@@H](c1ccccc1)N(Cc1ccccc1)[C@H](CC(=O)OC(C)(C)C)[C@H]1OC(C)(C)O[C@H]1CO[Si](C)(C)C(C)(C)C. The molecule has 0 saturated carbocycles. The minimum absolute atomic E-state index is 0.00175. The number of hydrogen-bond acceptors (Lipinski definition) is 6. The van der Waals surface area contributed by atoms with Gasteiger partial charge in [-0.2, -0.15) is 0 Å². The molecule has 0 aliphatic carbocycles. The number of nitrogens with zero attached hydrogens (tertiary/aromatic N) is 1. The van der Waals surface area contributed by atoms with Gasteiger partial charge in [0, 0.05) is 12.6 Å². The maximum atomic E-state index is 13.5. The molecule has 0 amide bonds. The molecule has 0 bridgehead atoms. The lowest BCUT2D eigenvalue weighted by Gasteiger charge is -2.41. The van der Waals surface area contributed by atoms with Gasteiger partial charge in [0.05, 0.1) is 19.1 Å². The Labute approximate surface area is 249 Å². The van der Waals surface area contributed by atoms with Crippen LogP contribution in [0.5, 0.6) is 0 Å². The van der Waals surface area contributed by atoms with Crippen LogP contribution in [0.4, 0.5) is 0 Å². The summed E-state index contributed by atoms with van der Waals surface area (Å²) in [6, 6.07) is 20.5. The van der Waals surface area contributed by atoms with Gasteiger partial charge in [0.25, 0.3) is 0 Å². The van der Waals surface area contributed by atoms with E-state index in [1.54, 1.807) is 0 Å². The second kappa shape index (κ2) is 13.1. The van der Waals surface area contributed by atoms with Crippen LogP contribution >= 0.6 is 0 Å². The van der Waals surface area contributed by atoms with E-state index in [0.29, 0.717) is 13.2 Å². The molecule has 0 N–H and O–H groups in total. The molecule has 2 aromatic carbocycles. The molecule has 0 radical (unpaired) electrons. The summed E-state index contributed by atoms with van der Waals surface area (Å²) in [4.78, 5) is 15.9. The van der Waals surface area contributed by atoms with Crippen molar-refractivity contribution in [2.45, 2.75) is 129 Å². The first-order chi connectivity index (χ1) is 18.9. The third kappa shape index (κ3) is 9.48. The molecule has 0 aromatic heterocycles. The average Bonchev–Trinajstić information content (AvgIpc) is 3.18. The number of benzene rings is 2. The normalized spacial score (nSPS) is 21.1. The predicted molar refractivity (Wildman–Crippen MR) is 168 cm³/mol. The van der Waals surface area contributed by atoms with Crippen LogP contribution < -0.4 is 0 Å². The van der Waals surface area contributed by atoms with Crippen molar-refractivity contribution in [3.05, 3.63) is 71.8 Å². The van der Waals surface area contributed by atoms with E-state index < -0.39 is 25.8 Å². The van der Waals surface area contributed by atoms with E-state index in [1.165, 1.54) is 5.56 Å². The molecule has 0 spiro atoms. The molecule has 2 aromatic rings.